The van der Waals surface area contributed by atoms with Crippen LogP contribution in [-0.4, -0.2) is 19.9 Å². The van der Waals surface area contributed by atoms with E-state index in [1.165, 1.54) is 11.3 Å². The summed E-state index contributed by atoms with van der Waals surface area (Å²) in [7, 11) is 0. The molecule has 0 spiro atoms. The zero-order valence-corrected chi connectivity index (χ0v) is 10.8. The number of fused-ring (bicyclic) bond motifs is 1. The third kappa shape index (κ3) is 1.76. The predicted octanol–water partition coefficient (Wildman–Crippen LogP) is 1.97. The zero-order valence-electron chi connectivity index (χ0n) is 8.51. The highest BCUT2D eigenvalue weighted by Gasteiger charge is 2.14. The van der Waals surface area contributed by atoms with Gasteiger partial charge < -0.3 is 4.98 Å². The summed E-state index contributed by atoms with van der Waals surface area (Å²) in [5, 5.41) is 0. The molecule has 0 aliphatic heterocycles. The molecule has 0 radical (unpaired) electrons. The molecule has 3 heterocycles. The average Bonchev–Trinajstić information content (AvgIpc) is 2.81. The first-order valence-corrected chi connectivity index (χ1v) is 6.29. The first-order valence-electron chi connectivity index (χ1n) is 4.72. The van der Waals surface area contributed by atoms with E-state index in [0.717, 1.165) is 0 Å². The number of hydrogen-bond donors (Lipinski definition) is 3. The largest absolute Gasteiger partial charge is 0.332 e. The van der Waals surface area contributed by atoms with Crippen LogP contribution in [0.5, 0.6) is 0 Å². The van der Waals surface area contributed by atoms with E-state index in [-0.39, 0.29) is 11.2 Å². The topological polar surface area (TPSA) is 94.4 Å². The first-order chi connectivity index (χ1) is 8.54. The van der Waals surface area contributed by atoms with Crippen molar-refractivity contribution in [3.8, 4) is 11.4 Å². The van der Waals surface area contributed by atoms with Gasteiger partial charge in [0.15, 0.2) is 5.65 Å². The lowest BCUT2D eigenvalue weighted by molar-refractivity contribution is 1.07. The molecule has 0 fully saturated rings. The number of thiophene rings is 1. The Morgan fingerprint density at radius 2 is 1.94 bits per heavy atom. The van der Waals surface area contributed by atoms with Gasteiger partial charge in [0.1, 0.15) is 15.7 Å². The Bertz CT molecular complexity index is 859. The number of hydrogen-bond acceptors (Lipinski definition) is 4. The molecule has 9 heteroatoms. The quantitative estimate of drug-likeness (QED) is 0.641. The zero-order chi connectivity index (χ0) is 12.9. The molecule has 0 aliphatic rings. The fraction of sp³-hybridized carbons (Fsp3) is 0. The van der Waals surface area contributed by atoms with E-state index in [4.69, 9.17) is 23.2 Å². The number of H-pyrrole nitrogens is 3. The van der Waals surface area contributed by atoms with E-state index < -0.39 is 11.2 Å². The number of rotatable bonds is 1. The maximum absolute atomic E-state index is 11.5. The summed E-state index contributed by atoms with van der Waals surface area (Å²) < 4.78 is 0.968. The molecular formula is C9H4Cl2N4O2S. The number of imidazole rings is 1. The van der Waals surface area contributed by atoms with Gasteiger partial charge in [0.05, 0.1) is 4.34 Å². The van der Waals surface area contributed by atoms with Gasteiger partial charge in [-0.3, -0.25) is 14.8 Å². The molecule has 3 N–H and O–H groups in total. The van der Waals surface area contributed by atoms with E-state index in [2.05, 4.69) is 19.9 Å². The Hall–Kier alpha value is -1.57. The molecule has 92 valence electrons. The van der Waals surface area contributed by atoms with Gasteiger partial charge in [0.25, 0.3) is 5.56 Å². The summed E-state index contributed by atoms with van der Waals surface area (Å²) in [6.07, 6.45) is 0. The van der Waals surface area contributed by atoms with Crippen molar-refractivity contribution in [1.29, 1.82) is 0 Å². The van der Waals surface area contributed by atoms with Crippen molar-refractivity contribution >= 4 is 45.7 Å². The average molecular weight is 303 g/mol. The lowest BCUT2D eigenvalue weighted by Crippen LogP contribution is -2.21. The van der Waals surface area contributed by atoms with Crippen molar-refractivity contribution in [2.24, 2.45) is 0 Å². The SMILES string of the molecule is O=c1[nH]c(=O)c2[nH]c(-c3cc(Cl)sc3Cl)nc2[nH]1. The van der Waals surface area contributed by atoms with E-state index in [0.29, 0.717) is 20.1 Å². The molecule has 18 heavy (non-hydrogen) atoms. The van der Waals surface area contributed by atoms with Crippen LogP contribution in [0.3, 0.4) is 0 Å². The molecule has 3 aromatic rings. The van der Waals surface area contributed by atoms with Gasteiger partial charge in [-0.15, -0.1) is 11.3 Å². The van der Waals surface area contributed by atoms with Crippen LogP contribution in [-0.2, 0) is 0 Å². The molecule has 0 bridgehead atoms. The highest BCUT2D eigenvalue weighted by Crippen LogP contribution is 2.36. The summed E-state index contributed by atoms with van der Waals surface area (Å²) in [5.74, 6) is 0.380. The fourth-order valence-corrected chi connectivity index (χ4v) is 3.03. The lowest BCUT2D eigenvalue weighted by Gasteiger charge is -1.89. The maximum Gasteiger partial charge on any atom is 0.327 e. The molecule has 6 nitrogen and oxygen atoms in total. The minimum atomic E-state index is -0.611. The van der Waals surface area contributed by atoms with Crippen LogP contribution in [0, 0.1) is 0 Å². The number of aromatic nitrogens is 4. The van der Waals surface area contributed by atoms with E-state index in [1.807, 2.05) is 0 Å². The number of nitrogens with one attached hydrogen (secondary N) is 3. The molecule has 0 saturated carbocycles. The normalized spacial score (nSPS) is 11.2. The Labute approximate surface area is 113 Å². The minimum Gasteiger partial charge on any atom is -0.332 e. The van der Waals surface area contributed by atoms with Gasteiger partial charge in [-0.05, 0) is 6.07 Å². The van der Waals surface area contributed by atoms with Crippen LogP contribution in [0.25, 0.3) is 22.6 Å². The Morgan fingerprint density at radius 3 is 2.61 bits per heavy atom. The highest BCUT2D eigenvalue weighted by atomic mass is 35.5. The molecule has 3 rings (SSSR count). The Kier molecular flexibility index (Phi) is 2.54. The van der Waals surface area contributed by atoms with Crippen molar-refractivity contribution in [2.45, 2.75) is 0 Å². The number of aromatic amines is 3. The van der Waals surface area contributed by atoms with Crippen LogP contribution < -0.4 is 11.2 Å². The van der Waals surface area contributed by atoms with Crippen LogP contribution >= 0.6 is 34.5 Å². The summed E-state index contributed by atoms with van der Waals surface area (Å²) in [5.41, 5.74) is -0.201. The van der Waals surface area contributed by atoms with E-state index in [1.54, 1.807) is 6.07 Å². The van der Waals surface area contributed by atoms with Crippen LogP contribution in [0.15, 0.2) is 15.7 Å². The van der Waals surface area contributed by atoms with Crippen molar-refractivity contribution < 1.29 is 0 Å². The molecule has 0 atom stereocenters. The monoisotopic (exact) mass is 302 g/mol. The number of halogens is 2. The molecule has 0 aliphatic carbocycles. The smallest absolute Gasteiger partial charge is 0.327 e. The number of nitrogens with zero attached hydrogens (tertiary/aromatic N) is 1. The second kappa shape index (κ2) is 3.98. The van der Waals surface area contributed by atoms with Crippen LogP contribution in [0.4, 0.5) is 0 Å². The van der Waals surface area contributed by atoms with Crippen molar-refractivity contribution in [3.63, 3.8) is 0 Å². The van der Waals surface area contributed by atoms with Crippen LogP contribution in [0.2, 0.25) is 8.67 Å². The van der Waals surface area contributed by atoms with Crippen molar-refractivity contribution in [3.05, 3.63) is 35.6 Å². The highest BCUT2D eigenvalue weighted by molar-refractivity contribution is 7.20. The summed E-state index contributed by atoms with van der Waals surface area (Å²) in [6.45, 7) is 0. The summed E-state index contributed by atoms with van der Waals surface area (Å²) >= 11 is 13.0. The Morgan fingerprint density at radius 1 is 1.17 bits per heavy atom. The van der Waals surface area contributed by atoms with Crippen molar-refractivity contribution in [2.75, 3.05) is 0 Å². The summed E-state index contributed by atoms with van der Waals surface area (Å²) in [6, 6.07) is 1.64. The van der Waals surface area contributed by atoms with Gasteiger partial charge >= 0.3 is 5.69 Å². The molecule has 0 saturated heterocycles. The second-order valence-corrected chi connectivity index (χ2v) is 5.74. The van der Waals surface area contributed by atoms with Gasteiger partial charge in [0.2, 0.25) is 0 Å². The minimum absolute atomic E-state index is 0.178. The third-order valence-corrected chi connectivity index (χ3v) is 3.79. The molecular weight excluding hydrogens is 299 g/mol. The Balaban J connectivity index is 2.32. The lowest BCUT2D eigenvalue weighted by atomic mass is 10.3. The van der Waals surface area contributed by atoms with Gasteiger partial charge in [-0.2, -0.15) is 0 Å². The fourth-order valence-electron chi connectivity index (χ4n) is 1.56. The molecule has 0 amide bonds. The van der Waals surface area contributed by atoms with Gasteiger partial charge in [-0.1, -0.05) is 23.2 Å². The predicted molar refractivity (Wildman–Crippen MR) is 70.7 cm³/mol. The maximum atomic E-state index is 11.5. The van der Waals surface area contributed by atoms with E-state index in [9.17, 15) is 9.59 Å². The van der Waals surface area contributed by atoms with Gasteiger partial charge in [0, 0.05) is 5.56 Å². The molecule has 0 unspecified atom stereocenters. The summed E-state index contributed by atoms with van der Waals surface area (Å²) in [4.78, 5) is 34.1. The van der Waals surface area contributed by atoms with Gasteiger partial charge in [-0.25, -0.2) is 9.78 Å². The van der Waals surface area contributed by atoms with E-state index >= 15 is 0 Å². The van der Waals surface area contributed by atoms with Crippen molar-refractivity contribution in [1.82, 2.24) is 19.9 Å². The molecule has 3 aromatic heterocycles. The van der Waals surface area contributed by atoms with Crippen LogP contribution in [0.1, 0.15) is 0 Å². The second-order valence-electron chi connectivity index (χ2n) is 3.46. The molecule has 0 aromatic carbocycles. The third-order valence-electron chi connectivity index (χ3n) is 2.30. The first kappa shape index (κ1) is 11.5. The standard InChI is InChI=1S/C9H4Cl2N4O2S/c10-3-1-2(5(11)18-3)6-12-4-7(13-6)14-9(17)15-8(4)16/h1H,(H3,12,13,14,15,16,17).